The minimum atomic E-state index is 0.246. The smallest absolute Gasteiger partial charge is 0.0585 e. The first-order valence-corrected chi connectivity index (χ1v) is 6.17. The second kappa shape index (κ2) is 6.46. The van der Waals surface area contributed by atoms with E-state index in [1.54, 1.807) is 0 Å². The van der Waals surface area contributed by atoms with Gasteiger partial charge in [0.15, 0.2) is 0 Å². The monoisotopic (exact) mass is 214 g/mol. The van der Waals surface area contributed by atoms with Crippen LogP contribution in [0.1, 0.15) is 26.7 Å². The minimum Gasteiger partial charge on any atom is -0.395 e. The average molecular weight is 214 g/mol. The van der Waals surface area contributed by atoms with Crippen LogP contribution < -0.4 is 5.32 Å². The number of aliphatic hydroxyl groups excluding tert-OH is 1. The molecule has 0 bridgehead atoms. The first-order valence-electron chi connectivity index (χ1n) is 6.17. The average Bonchev–Trinajstić information content (AvgIpc) is 2.24. The highest BCUT2D eigenvalue weighted by molar-refractivity contribution is 4.76. The topological polar surface area (TPSA) is 35.5 Å². The van der Waals surface area contributed by atoms with E-state index in [0.717, 1.165) is 24.8 Å². The Labute approximate surface area is 93.9 Å². The van der Waals surface area contributed by atoms with Crippen LogP contribution in [0.3, 0.4) is 0 Å². The Hall–Kier alpha value is -0.120. The second-order valence-corrected chi connectivity index (χ2v) is 5.00. The normalized spacial score (nSPS) is 30.4. The van der Waals surface area contributed by atoms with Crippen LogP contribution >= 0.6 is 0 Å². The van der Waals surface area contributed by atoms with Crippen LogP contribution in [0.25, 0.3) is 0 Å². The number of likely N-dealkylation sites (tertiary alicyclic amines) is 1. The quantitative estimate of drug-likeness (QED) is 0.715. The van der Waals surface area contributed by atoms with E-state index in [4.69, 9.17) is 5.11 Å². The molecule has 0 saturated carbocycles. The standard InChI is InChI=1S/C12H26N2O/c1-10-4-6-14(8-11(10)2)7-5-12(9-15)13-3/h10-13,15H,4-9H2,1-3H3. The van der Waals surface area contributed by atoms with E-state index in [9.17, 15) is 0 Å². The Morgan fingerprint density at radius 3 is 2.67 bits per heavy atom. The Morgan fingerprint density at radius 2 is 2.13 bits per heavy atom. The molecule has 0 spiro atoms. The summed E-state index contributed by atoms with van der Waals surface area (Å²) in [7, 11) is 1.92. The van der Waals surface area contributed by atoms with E-state index < -0.39 is 0 Å². The molecule has 1 saturated heterocycles. The summed E-state index contributed by atoms with van der Waals surface area (Å²) in [6.07, 6.45) is 2.37. The van der Waals surface area contributed by atoms with Crippen molar-refractivity contribution in [3.63, 3.8) is 0 Å². The molecule has 1 heterocycles. The van der Waals surface area contributed by atoms with E-state index in [1.807, 2.05) is 7.05 Å². The van der Waals surface area contributed by atoms with Crippen molar-refractivity contribution in [2.45, 2.75) is 32.7 Å². The Bertz CT molecular complexity index is 171. The highest BCUT2D eigenvalue weighted by atomic mass is 16.3. The van der Waals surface area contributed by atoms with Gasteiger partial charge < -0.3 is 15.3 Å². The van der Waals surface area contributed by atoms with Gasteiger partial charge in [-0.05, 0) is 44.8 Å². The van der Waals surface area contributed by atoms with Gasteiger partial charge in [0.2, 0.25) is 0 Å². The molecule has 0 amide bonds. The SMILES string of the molecule is CNC(CO)CCN1CCC(C)C(C)C1. The third-order valence-corrected chi connectivity index (χ3v) is 3.84. The van der Waals surface area contributed by atoms with Gasteiger partial charge in [-0.3, -0.25) is 0 Å². The zero-order valence-corrected chi connectivity index (χ0v) is 10.4. The molecule has 90 valence electrons. The first-order chi connectivity index (χ1) is 7.17. The summed E-state index contributed by atoms with van der Waals surface area (Å²) in [5, 5.41) is 12.2. The van der Waals surface area contributed by atoms with E-state index in [1.165, 1.54) is 19.5 Å². The van der Waals surface area contributed by atoms with Crippen molar-refractivity contribution in [3.8, 4) is 0 Å². The van der Waals surface area contributed by atoms with Gasteiger partial charge in [0.1, 0.15) is 0 Å². The highest BCUT2D eigenvalue weighted by Gasteiger charge is 2.22. The van der Waals surface area contributed by atoms with Crippen molar-refractivity contribution in [2.75, 3.05) is 33.3 Å². The number of nitrogens with one attached hydrogen (secondary N) is 1. The maximum absolute atomic E-state index is 9.07. The lowest BCUT2D eigenvalue weighted by atomic mass is 9.88. The Morgan fingerprint density at radius 1 is 1.40 bits per heavy atom. The molecule has 15 heavy (non-hydrogen) atoms. The number of likely N-dealkylation sites (N-methyl/N-ethyl adjacent to an activating group) is 1. The molecule has 3 heteroatoms. The zero-order chi connectivity index (χ0) is 11.3. The molecule has 3 unspecified atom stereocenters. The van der Waals surface area contributed by atoms with Crippen molar-refractivity contribution < 1.29 is 5.11 Å². The number of rotatable bonds is 5. The minimum absolute atomic E-state index is 0.246. The van der Waals surface area contributed by atoms with Crippen molar-refractivity contribution in [3.05, 3.63) is 0 Å². The van der Waals surface area contributed by atoms with Gasteiger partial charge >= 0.3 is 0 Å². The highest BCUT2D eigenvalue weighted by Crippen LogP contribution is 2.22. The molecule has 3 nitrogen and oxygen atoms in total. The van der Waals surface area contributed by atoms with Crippen molar-refractivity contribution in [1.82, 2.24) is 10.2 Å². The number of aliphatic hydroxyl groups is 1. The molecular weight excluding hydrogens is 188 g/mol. The summed E-state index contributed by atoms with van der Waals surface area (Å²) >= 11 is 0. The van der Waals surface area contributed by atoms with Crippen LogP contribution in [0.2, 0.25) is 0 Å². The van der Waals surface area contributed by atoms with Crippen LogP contribution in [-0.2, 0) is 0 Å². The van der Waals surface area contributed by atoms with Crippen molar-refractivity contribution >= 4 is 0 Å². The predicted molar refractivity (Wildman–Crippen MR) is 63.9 cm³/mol. The Balaban J connectivity index is 2.22. The van der Waals surface area contributed by atoms with E-state index in [-0.39, 0.29) is 12.6 Å². The lowest BCUT2D eigenvalue weighted by Gasteiger charge is -2.35. The van der Waals surface area contributed by atoms with Gasteiger partial charge in [-0.15, -0.1) is 0 Å². The van der Waals surface area contributed by atoms with Gasteiger partial charge in [0.05, 0.1) is 6.61 Å². The molecule has 3 atom stereocenters. The van der Waals surface area contributed by atoms with Gasteiger partial charge in [-0.25, -0.2) is 0 Å². The van der Waals surface area contributed by atoms with Crippen molar-refractivity contribution in [2.24, 2.45) is 11.8 Å². The summed E-state index contributed by atoms with van der Waals surface area (Å²) in [6, 6.07) is 0.264. The predicted octanol–water partition coefficient (Wildman–Crippen LogP) is 0.935. The third-order valence-electron chi connectivity index (χ3n) is 3.84. The number of nitrogens with zero attached hydrogens (tertiary/aromatic N) is 1. The number of hydrogen-bond donors (Lipinski definition) is 2. The second-order valence-electron chi connectivity index (χ2n) is 5.00. The Kier molecular flexibility index (Phi) is 5.58. The van der Waals surface area contributed by atoms with E-state index >= 15 is 0 Å². The molecule has 0 aromatic rings. The molecule has 0 aliphatic carbocycles. The van der Waals surface area contributed by atoms with Crippen molar-refractivity contribution in [1.29, 1.82) is 0 Å². The molecule has 0 aromatic heterocycles. The van der Waals surface area contributed by atoms with Crippen LogP contribution in [-0.4, -0.2) is 49.3 Å². The van der Waals surface area contributed by atoms with Crippen LogP contribution in [0.5, 0.6) is 0 Å². The fourth-order valence-corrected chi connectivity index (χ4v) is 2.22. The zero-order valence-electron chi connectivity index (χ0n) is 10.4. The summed E-state index contributed by atoms with van der Waals surface area (Å²) < 4.78 is 0. The maximum Gasteiger partial charge on any atom is 0.0585 e. The molecule has 1 rings (SSSR count). The van der Waals surface area contributed by atoms with Gasteiger partial charge in [-0.1, -0.05) is 13.8 Å². The van der Waals surface area contributed by atoms with Crippen LogP contribution in [0.4, 0.5) is 0 Å². The van der Waals surface area contributed by atoms with E-state index in [2.05, 4.69) is 24.1 Å². The molecule has 1 fully saturated rings. The molecule has 0 aromatic carbocycles. The van der Waals surface area contributed by atoms with Gasteiger partial charge in [-0.2, -0.15) is 0 Å². The molecule has 0 radical (unpaired) electrons. The first kappa shape index (κ1) is 12.9. The molecule has 1 aliphatic rings. The lowest BCUT2D eigenvalue weighted by Crippen LogP contribution is -2.41. The lowest BCUT2D eigenvalue weighted by molar-refractivity contribution is 0.128. The van der Waals surface area contributed by atoms with Gasteiger partial charge in [0, 0.05) is 12.6 Å². The fraction of sp³-hybridized carbons (Fsp3) is 1.00. The van der Waals surface area contributed by atoms with Crippen LogP contribution in [0, 0.1) is 11.8 Å². The molecule has 2 N–H and O–H groups in total. The summed E-state index contributed by atoms with van der Waals surface area (Å²) in [6.45, 7) is 8.51. The fourth-order valence-electron chi connectivity index (χ4n) is 2.22. The summed E-state index contributed by atoms with van der Waals surface area (Å²) in [5.74, 6) is 1.69. The van der Waals surface area contributed by atoms with Crippen LogP contribution in [0.15, 0.2) is 0 Å². The summed E-state index contributed by atoms with van der Waals surface area (Å²) in [4.78, 5) is 2.53. The third kappa shape index (κ3) is 4.09. The largest absolute Gasteiger partial charge is 0.395 e. The number of piperidine rings is 1. The molecular formula is C12H26N2O. The molecule has 1 aliphatic heterocycles. The van der Waals surface area contributed by atoms with E-state index in [0.29, 0.717) is 0 Å². The maximum atomic E-state index is 9.07. The summed E-state index contributed by atoms with van der Waals surface area (Å²) in [5.41, 5.74) is 0. The number of hydrogen-bond acceptors (Lipinski definition) is 3. The van der Waals surface area contributed by atoms with Gasteiger partial charge in [0.25, 0.3) is 0 Å².